The Hall–Kier alpha value is -2.36. The van der Waals surface area contributed by atoms with E-state index < -0.39 is 0 Å². The molecular weight excluding hydrogens is 245 g/mol. The van der Waals surface area contributed by atoms with Gasteiger partial charge in [-0.05, 0) is 23.8 Å². The number of hydrogen-bond acceptors (Lipinski definition) is 2. The zero-order chi connectivity index (χ0) is 13.7. The van der Waals surface area contributed by atoms with E-state index in [0.29, 0.717) is 11.1 Å². The Balaban J connectivity index is 1.90. The van der Waals surface area contributed by atoms with Crippen molar-refractivity contribution in [1.29, 1.82) is 0 Å². The summed E-state index contributed by atoms with van der Waals surface area (Å²) in [6, 6.07) is 12.8. The van der Waals surface area contributed by atoms with E-state index in [1.807, 2.05) is 0 Å². The molecule has 98 valence electrons. The van der Waals surface area contributed by atoms with Gasteiger partial charge in [-0.15, -0.1) is 0 Å². The smallest absolute Gasteiger partial charge is 0.224 e. The first-order valence-electron chi connectivity index (χ1n) is 5.93. The van der Waals surface area contributed by atoms with Crippen molar-refractivity contribution in [2.75, 3.05) is 0 Å². The van der Waals surface area contributed by atoms with E-state index in [-0.39, 0.29) is 30.4 Å². The van der Waals surface area contributed by atoms with Crippen LogP contribution in [0.1, 0.15) is 11.1 Å². The molecule has 4 heteroatoms. The van der Waals surface area contributed by atoms with Crippen LogP contribution in [-0.4, -0.2) is 11.0 Å². The molecule has 0 aliphatic heterocycles. The lowest BCUT2D eigenvalue weighted by atomic mass is 10.1. The van der Waals surface area contributed by atoms with Gasteiger partial charge in [0.2, 0.25) is 5.91 Å². The van der Waals surface area contributed by atoms with Crippen LogP contribution in [0.15, 0.2) is 48.5 Å². The van der Waals surface area contributed by atoms with E-state index in [4.69, 9.17) is 0 Å². The molecule has 0 saturated carbocycles. The summed E-state index contributed by atoms with van der Waals surface area (Å²) in [7, 11) is 0. The van der Waals surface area contributed by atoms with Crippen molar-refractivity contribution in [3.63, 3.8) is 0 Å². The number of hydrogen-bond donors (Lipinski definition) is 2. The highest BCUT2D eigenvalue weighted by Gasteiger charge is 2.06. The predicted molar refractivity (Wildman–Crippen MR) is 70.1 cm³/mol. The van der Waals surface area contributed by atoms with Crippen LogP contribution in [0.3, 0.4) is 0 Å². The number of phenolic OH excluding ortho intramolecular Hbond substituents is 1. The van der Waals surface area contributed by atoms with Crippen LogP contribution < -0.4 is 5.32 Å². The minimum atomic E-state index is -0.326. The lowest BCUT2D eigenvalue weighted by Crippen LogP contribution is -2.24. The molecule has 0 radical (unpaired) electrons. The van der Waals surface area contributed by atoms with Crippen LogP contribution in [0, 0.1) is 5.82 Å². The molecule has 0 atom stereocenters. The number of para-hydroxylation sites is 1. The fourth-order valence-electron chi connectivity index (χ4n) is 1.74. The molecule has 2 aromatic rings. The van der Waals surface area contributed by atoms with Gasteiger partial charge in [-0.2, -0.15) is 0 Å². The molecule has 0 aliphatic carbocycles. The normalized spacial score (nSPS) is 10.2. The van der Waals surface area contributed by atoms with Crippen LogP contribution in [0.5, 0.6) is 5.75 Å². The third kappa shape index (κ3) is 3.81. The maximum absolute atomic E-state index is 12.9. The van der Waals surface area contributed by atoms with Crippen molar-refractivity contribution in [1.82, 2.24) is 5.32 Å². The summed E-state index contributed by atoms with van der Waals surface area (Å²) in [5.74, 6) is -0.443. The van der Waals surface area contributed by atoms with Crippen molar-refractivity contribution < 1.29 is 14.3 Å². The third-order valence-electron chi connectivity index (χ3n) is 2.72. The molecule has 0 spiro atoms. The Morgan fingerprint density at radius 1 is 1.16 bits per heavy atom. The quantitative estimate of drug-likeness (QED) is 0.885. The molecule has 0 bridgehead atoms. The van der Waals surface area contributed by atoms with Gasteiger partial charge in [-0.1, -0.05) is 30.3 Å². The first-order valence-corrected chi connectivity index (χ1v) is 5.93. The Bertz CT molecular complexity index is 584. The lowest BCUT2D eigenvalue weighted by Gasteiger charge is -2.06. The number of benzene rings is 2. The Morgan fingerprint density at radius 3 is 2.68 bits per heavy atom. The van der Waals surface area contributed by atoms with Gasteiger partial charge < -0.3 is 10.4 Å². The Labute approximate surface area is 110 Å². The molecular formula is C15H14FNO2. The number of rotatable bonds is 4. The SMILES string of the molecule is O=C(Cc1ccccc1O)NCc1cccc(F)c1. The number of amides is 1. The fraction of sp³-hybridized carbons (Fsp3) is 0.133. The van der Waals surface area contributed by atoms with Gasteiger partial charge in [-0.3, -0.25) is 4.79 Å². The van der Waals surface area contributed by atoms with Crippen LogP contribution in [0.4, 0.5) is 4.39 Å². The summed E-state index contributed by atoms with van der Waals surface area (Å²) >= 11 is 0. The van der Waals surface area contributed by atoms with E-state index in [9.17, 15) is 14.3 Å². The number of aromatic hydroxyl groups is 1. The molecule has 0 aliphatic rings. The average Bonchev–Trinajstić information content (AvgIpc) is 2.39. The Morgan fingerprint density at radius 2 is 1.95 bits per heavy atom. The van der Waals surface area contributed by atoms with Gasteiger partial charge in [0.25, 0.3) is 0 Å². The first kappa shape index (κ1) is 13.1. The second kappa shape index (κ2) is 6.00. The summed E-state index contributed by atoms with van der Waals surface area (Å²) in [6.45, 7) is 0.268. The summed E-state index contributed by atoms with van der Waals surface area (Å²) < 4.78 is 12.9. The zero-order valence-corrected chi connectivity index (χ0v) is 10.3. The predicted octanol–water partition coefficient (Wildman–Crippen LogP) is 2.39. The van der Waals surface area contributed by atoms with Crippen molar-refractivity contribution >= 4 is 5.91 Å². The minimum Gasteiger partial charge on any atom is -0.508 e. The van der Waals surface area contributed by atoms with Crippen LogP contribution in [-0.2, 0) is 17.8 Å². The third-order valence-corrected chi connectivity index (χ3v) is 2.72. The number of carbonyl (C=O) groups is 1. The molecule has 1 amide bonds. The fourth-order valence-corrected chi connectivity index (χ4v) is 1.74. The number of phenols is 1. The molecule has 19 heavy (non-hydrogen) atoms. The molecule has 0 saturated heterocycles. The highest BCUT2D eigenvalue weighted by Crippen LogP contribution is 2.15. The molecule has 3 nitrogen and oxygen atoms in total. The maximum atomic E-state index is 12.9. The minimum absolute atomic E-state index is 0.0992. The zero-order valence-electron chi connectivity index (χ0n) is 10.3. The molecule has 2 N–H and O–H groups in total. The van der Waals surface area contributed by atoms with Gasteiger partial charge in [-0.25, -0.2) is 4.39 Å². The van der Waals surface area contributed by atoms with Gasteiger partial charge in [0, 0.05) is 12.1 Å². The Kier molecular flexibility index (Phi) is 4.13. The number of nitrogens with one attached hydrogen (secondary N) is 1. The average molecular weight is 259 g/mol. The molecule has 0 unspecified atom stereocenters. The largest absolute Gasteiger partial charge is 0.508 e. The van der Waals surface area contributed by atoms with Gasteiger partial charge >= 0.3 is 0 Å². The number of carbonyl (C=O) groups excluding carboxylic acids is 1. The first-order chi connectivity index (χ1) is 9.15. The van der Waals surface area contributed by atoms with E-state index in [0.717, 1.165) is 0 Å². The van der Waals surface area contributed by atoms with Gasteiger partial charge in [0.1, 0.15) is 11.6 Å². The van der Waals surface area contributed by atoms with E-state index in [1.54, 1.807) is 30.3 Å². The summed E-state index contributed by atoms with van der Waals surface area (Å²) in [6.07, 6.45) is 0.0992. The molecule has 0 heterocycles. The van der Waals surface area contributed by atoms with Crippen LogP contribution in [0.2, 0.25) is 0 Å². The van der Waals surface area contributed by atoms with Crippen molar-refractivity contribution in [2.24, 2.45) is 0 Å². The van der Waals surface area contributed by atoms with Gasteiger partial charge in [0.05, 0.1) is 6.42 Å². The van der Waals surface area contributed by atoms with Gasteiger partial charge in [0.15, 0.2) is 0 Å². The maximum Gasteiger partial charge on any atom is 0.224 e. The molecule has 2 aromatic carbocycles. The second-order valence-electron chi connectivity index (χ2n) is 4.21. The monoisotopic (exact) mass is 259 g/mol. The van der Waals surface area contributed by atoms with Crippen molar-refractivity contribution in [3.8, 4) is 5.75 Å². The second-order valence-corrected chi connectivity index (χ2v) is 4.21. The van der Waals surface area contributed by atoms with E-state index in [2.05, 4.69) is 5.32 Å². The summed E-state index contributed by atoms with van der Waals surface area (Å²) in [4.78, 5) is 11.7. The number of halogens is 1. The van der Waals surface area contributed by atoms with Crippen molar-refractivity contribution in [2.45, 2.75) is 13.0 Å². The highest BCUT2D eigenvalue weighted by molar-refractivity contribution is 5.79. The van der Waals surface area contributed by atoms with Crippen LogP contribution >= 0.6 is 0 Å². The molecule has 0 fully saturated rings. The van der Waals surface area contributed by atoms with Crippen LogP contribution in [0.25, 0.3) is 0 Å². The summed E-state index contributed by atoms with van der Waals surface area (Å²) in [5.41, 5.74) is 1.27. The molecule has 0 aromatic heterocycles. The standard InChI is InChI=1S/C15H14FNO2/c16-13-6-3-4-11(8-13)10-17-15(19)9-12-5-1-2-7-14(12)18/h1-8,18H,9-10H2,(H,17,19). The van der Waals surface area contributed by atoms with E-state index in [1.165, 1.54) is 18.2 Å². The lowest BCUT2D eigenvalue weighted by molar-refractivity contribution is -0.120. The summed E-state index contributed by atoms with van der Waals surface area (Å²) in [5, 5.41) is 12.2. The highest BCUT2D eigenvalue weighted by atomic mass is 19.1. The van der Waals surface area contributed by atoms with Crippen molar-refractivity contribution in [3.05, 3.63) is 65.5 Å². The van der Waals surface area contributed by atoms with E-state index >= 15 is 0 Å². The molecule has 2 rings (SSSR count). The topological polar surface area (TPSA) is 49.3 Å².